The van der Waals surface area contributed by atoms with Crippen LogP contribution in [0, 0.1) is 12.8 Å². The Hall–Kier alpha value is -3.69. The van der Waals surface area contributed by atoms with Gasteiger partial charge >= 0.3 is 11.7 Å². The van der Waals surface area contributed by atoms with Gasteiger partial charge in [-0.25, -0.2) is 9.78 Å². The fourth-order valence-electron chi connectivity index (χ4n) is 3.98. The lowest BCUT2D eigenvalue weighted by Gasteiger charge is -2.14. The Morgan fingerprint density at radius 1 is 1.17 bits per heavy atom. The maximum Gasteiger partial charge on any atom is 0.330 e. The Balaban J connectivity index is 1.77. The van der Waals surface area contributed by atoms with Crippen LogP contribution in [-0.2, 0) is 33.8 Å². The molecule has 1 aromatic carbocycles. The van der Waals surface area contributed by atoms with Gasteiger partial charge in [-0.15, -0.1) is 0 Å². The highest BCUT2D eigenvalue weighted by atomic mass is 16.5. The van der Waals surface area contributed by atoms with Gasteiger partial charge in [0, 0.05) is 25.2 Å². The van der Waals surface area contributed by atoms with Gasteiger partial charge in [-0.2, -0.15) is 0 Å². The number of imidazole rings is 1. The van der Waals surface area contributed by atoms with Gasteiger partial charge in [0.25, 0.3) is 11.5 Å². The highest BCUT2D eigenvalue weighted by Crippen LogP contribution is 2.17. The molecule has 0 radical (unpaired) electrons. The molecular weight excluding hydrogens is 462 g/mol. The van der Waals surface area contributed by atoms with E-state index in [0.29, 0.717) is 35.8 Å². The van der Waals surface area contributed by atoms with Crippen LogP contribution in [0.2, 0.25) is 0 Å². The van der Waals surface area contributed by atoms with E-state index in [1.54, 1.807) is 10.6 Å². The number of amides is 1. The number of benzene rings is 1. The van der Waals surface area contributed by atoms with E-state index in [9.17, 15) is 19.2 Å². The summed E-state index contributed by atoms with van der Waals surface area (Å²) in [6, 6.07) is 7.34. The summed E-state index contributed by atoms with van der Waals surface area (Å²) in [7, 11) is 0. The Kier molecular flexibility index (Phi) is 8.84. The van der Waals surface area contributed by atoms with Crippen LogP contribution in [0.5, 0.6) is 0 Å². The topological polar surface area (TPSA) is 128 Å². The number of hydrogen-bond donors (Lipinski definition) is 2. The van der Waals surface area contributed by atoms with Gasteiger partial charge in [0.1, 0.15) is 5.82 Å². The van der Waals surface area contributed by atoms with Crippen molar-refractivity contribution in [1.29, 1.82) is 0 Å². The fourth-order valence-corrected chi connectivity index (χ4v) is 3.98. The van der Waals surface area contributed by atoms with E-state index in [1.807, 2.05) is 45.9 Å². The number of rotatable bonds is 11. The molecule has 36 heavy (non-hydrogen) atoms. The van der Waals surface area contributed by atoms with Crippen LogP contribution in [0.3, 0.4) is 0 Å². The maximum atomic E-state index is 12.7. The number of fused-ring (bicyclic) bond motifs is 1. The van der Waals surface area contributed by atoms with E-state index in [4.69, 9.17) is 4.74 Å². The van der Waals surface area contributed by atoms with Crippen molar-refractivity contribution >= 4 is 28.7 Å². The lowest BCUT2D eigenvalue weighted by molar-refractivity contribution is -0.153. The highest BCUT2D eigenvalue weighted by molar-refractivity contribution is 5.95. The number of hydrogen-bond acceptors (Lipinski definition) is 6. The summed E-state index contributed by atoms with van der Waals surface area (Å²) in [5, 5.41) is 2.74. The van der Waals surface area contributed by atoms with Crippen molar-refractivity contribution in [2.75, 3.05) is 5.32 Å². The number of esters is 1. The number of nitrogens with zero attached hydrogens (tertiary/aromatic N) is 3. The van der Waals surface area contributed by atoms with Crippen molar-refractivity contribution in [2.24, 2.45) is 5.92 Å². The molecule has 0 fully saturated rings. The first-order valence-electron chi connectivity index (χ1n) is 12.4. The Labute approximate surface area is 209 Å². The molecule has 2 heterocycles. The summed E-state index contributed by atoms with van der Waals surface area (Å²) >= 11 is 0. The molecule has 0 aliphatic carbocycles. The molecule has 0 spiro atoms. The molecule has 2 N–H and O–H groups in total. The molecule has 1 unspecified atom stereocenters. The van der Waals surface area contributed by atoms with Crippen molar-refractivity contribution in [3.05, 3.63) is 56.5 Å². The molecule has 0 bridgehead atoms. The third-order valence-electron chi connectivity index (χ3n) is 5.76. The van der Waals surface area contributed by atoms with Gasteiger partial charge in [0.15, 0.2) is 17.3 Å². The van der Waals surface area contributed by atoms with Crippen LogP contribution < -0.4 is 16.6 Å². The number of aromatic amines is 1. The summed E-state index contributed by atoms with van der Waals surface area (Å²) < 4.78 is 8.60. The highest BCUT2D eigenvalue weighted by Gasteiger charge is 2.22. The molecule has 3 aromatic rings. The molecular formula is C26H35N5O5. The molecule has 2 aromatic heterocycles. The standard InChI is InChI=1S/C26H35N5O5/c1-6-7-13-30-23-22(25(34)29-26(30)35)31(15-16(2)3)20(28-23)11-12-21(32)36-18(5)24(33)27-19-10-8-9-17(4)14-19/h8-10,14,16,18H,6-7,11-13,15H2,1-5H3,(H,27,33)(H,29,34,35). The molecule has 10 heteroatoms. The van der Waals surface area contributed by atoms with E-state index in [1.165, 1.54) is 11.5 Å². The predicted molar refractivity (Wildman–Crippen MR) is 138 cm³/mol. The summed E-state index contributed by atoms with van der Waals surface area (Å²) in [4.78, 5) is 57.2. The molecule has 3 rings (SSSR count). The first-order chi connectivity index (χ1) is 17.1. The summed E-state index contributed by atoms with van der Waals surface area (Å²) in [5.74, 6) is -0.252. The number of carbonyl (C=O) groups excluding carboxylic acids is 2. The molecule has 1 amide bonds. The van der Waals surface area contributed by atoms with Crippen LogP contribution >= 0.6 is 0 Å². The lowest BCUT2D eigenvalue weighted by Crippen LogP contribution is -2.31. The molecule has 194 valence electrons. The summed E-state index contributed by atoms with van der Waals surface area (Å²) in [6.45, 7) is 10.4. The van der Waals surface area contributed by atoms with Crippen LogP contribution in [0.4, 0.5) is 5.69 Å². The zero-order valence-corrected chi connectivity index (χ0v) is 21.6. The van der Waals surface area contributed by atoms with Crippen molar-refractivity contribution in [3.8, 4) is 0 Å². The number of H-pyrrole nitrogens is 1. The van der Waals surface area contributed by atoms with Crippen LogP contribution in [0.25, 0.3) is 11.2 Å². The minimum atomic E-state index is -0.977. The average molecular weight is 498 g/mol. The molecule has 0 aliphatic heterocycles. The van der Waals surface area contributed by atoms with Gasteiger partial charge in [0.05, 0.1) is 6.42 Å². The quantitative estimate of drug-likeness (QED) is 0.392. The monoisotopic (exact) mass is 497 g/mol. The molecule has 0 saturated heterocycles. The average Bonchev–Trinajstić information content (AvgIpc) is 3.15. The SMILES string of the molecule is CCCCn1c(=O)[nH]c(=O)c2c1nc(CCC(=O)OC(C)C(=O)Nc1cccc(C)c1)n2CC(C)C. The third kappa shape index (κ3) is 6.50. The number of unbranched alkanes of at least 4 members (excludes halogenated alkanes) is 1. The first-order valence-corrected chi connectivity index (χ1v) is 12.4. The van der Waals surface area contributed by atoms with E-state index < -0.39 is 29.2 Å². The van der Waals surface area contributed by atoms with Gasteiger partial charge in [-0.3, -0.25) is 23.9 Å². The molecule has 1 atom stereocenters. The van der Waals surface area contributed by atoms with Crippen LogP contribution in [0.1, 0.15) is 58.3 Å². The second-order valence-corrected chi connectivity index (χ2v) is 9.46. The Bertz CT molecular complexity index is 1350. The van der Waals surface area contributed by atoms with Crippen LogP contribution in [-0.4, -0.2) is 37.1 Å². The normalized spacial score (nSPS) is 12.2. The van der Waals surface area contributed by atoms with E-state index in [2.05, 4.69) is 15.3 Å². The summed E-state index contributed by atoms with van der Waals surface area (Å²) in [6.07, 6.45) is 0.847. The number of nitrogens with one attached hydrogen (secondary N) is 2. The van der Waals surface area contributed by atoms with Gasteiger partial charge in [-0.05, 0) is 43.9 Å². The van der Waals surface area contributed by atoms with Crippen molar-refractivity contribution < 1.29 is 14.3 Å². The number of carbonyl (C=O) groups is 2. The van der Waals surface area contributed by atoms with Crippen molar-refractivity contribution in [1.82, 2.24) is 19.1 Å². The minimum Gasteiger partial charge on any atom is -0.453 e. The first kappa shape index (κ1) is 26.9. The molecule has 0 saturated carbocycles. The maximum absolute atomic E-state index is 12.7. The zero-order valence-electron chi connectivity index (χ0n) is 21.6. The largest absolute Gasteiger partial charge is 0.453 e. The number of ether oxygens (including phenoxy) is 1. The number of aryl methyl sites for hydroxylation is 3. The second-order valence-electron chi connectivity index (χ2n) is 9.46. The third-order valence-corrected chi connectivity index (χ3v) is 5.76. The number of aromatic nitrogens is 4. The fraction of sp³-hybridized carbons (Fsp3) is 0.500. The van der Waals surface area contributed by atoms with E-state index >= 15 is 0 Å². The minimum absolute atomic E-state index is 0.0272. The molecule has 0 aliphatic rings. The van der Waals surface area contributed by atoms with Crippen LogP contribution in [0.15, 0.2) is 33.9 Å². The Morgan fingerprint density at radius 3 is 2.58 bits per heavy atom. The van der Waals surface area contributed by atoms with Gasteiger partial charge in [0.2, 0.25) is 0 Å². The van der Waals surface area contributed by atoms with Gasteiger partial charge < -0.3 is 14.6 Å². The smallest absolute Gasteiger partial charge is 0.330 e. The van der Waals surface area contributed by atoms with E-state index in [-0.39, 0.29) is 18.8 Å². The van der Waals surface area contributed by atoms with E-state index in [0.717, 1.165) is 18.4 Å². The predicted octanol–water partition coefficient (Wildman–Crippen LogP) is 3.15. The second kappa shape index (κ2) is 11.8. The van der Waals surface area contributed by atoms with Crippen molar-refractivity contribution in [2.45, 2.75) is 79.5 Å². The zero-order chi connectivity index (χ0) is 26.4. The van der Waals surface area contributed by atoms with Gasteiger partial charge in [-0.1, -0.05) is 39.3 Å². The number of anilines is 1. The van der Waals surface area contributed by atoms with Crippen molar-refractivity contribution in [3.63, 3.8) is 0 Å². The Morgan fingerprint density at radius 2 is 1.92 bits per heavy atom. The summed E-state index contributed by atoms with van der Waals surface area (Å²) in [5.41, 5.74) is 1.30. The lowest BCUT2D eigenvalue weighted by atomic mass is 10.2. The molecule has 10 nitrogen and oxygen atoms in total.